The first-order valence-electron chi connectivity index (χ1n) is 5.47. The van der Waals surface area contributed by atoms with Gasteiger partial charge in [0.05, 0.1) is 28.4 Å². The fourth-order valence-corrected chi connectivity index (χ4v) is 2.01. The minimum Gasteiger partial charge on any atom is -0.465 e. The van der Waals surface area contributed by atoms with Crippen molar-refractivity contribution in [3.8, 4) is 0 Å². The van der Waals surface area contributed by atoms with Crippen molar-refractivity contribution in [1.82, 2.24) is 0 Å². The van der Waals surface area contributed by atoms with E-state index in [2.05, 4.69) is 0 Å². The van der Waals surface area contributed by atoms with Gasteiger partial charge in [0.1, 0.15) is 0 Å². The smallest absolute Gasteiger partial charge is 0.411 e. The fraction of sp³-hybridized carbons (Fsp3) is 0.417. The van der Waals surface area contributed by atoms with Crippen molar-refractivity contribution in [1.29, 1.82) is 0 Å². The lowest BCUT2D eigenvalue weighted by atomic mass is 10.1. The van der Waals surface area contributed by atoms with Gasteiger partial charge < -0.3 is 10.2 Å². The molecule has 1 atom stereocenters. The number of amides is 1. The molecule has 1 rings (SSSR count). The number of nitrogens with zero attached hydrogens (tertiary/aromatic N) is 1. The van der Waals surface area contributed by atoms with E-state index in [0.717, 1.165) is 4.90 Å². The van der Waals surface area contributed by atoms with Crippen molar-refractivity contribution < 1.29 is 15.0 Å². The zero-order chi connectivity index (χ0) is 13.9. The van der Waals surface area contributed by atoms with Crippen molar-refractivity contribution >= 4 is 35.0 Å². The summed E-state index contributed by atoms with van der Waals surface area (Å²) in [5.74, 6) is -0.0619. The molecule has 1 aromatic rings. The first-order valence-corrected chi connectivity index (χ1v) is 6.22. The van der Waals surface area contributed by atoms with Crippen molar-refractivity contribution in [2.75, 3.05) is 11.4 Å². The lowest BCUT2D eigenvalue weighted by Crippen LogP contribution is -2.39. The molecule has 0 saturated carbocycles. The van der Waals surface area contributed by atoms with E-state index < -0.39 is 12.2 Å². The van der Waals surface area contributed by atoms with E-state index in [1.807, 2.05) is 0 Å². The maximum atomic E-state index is 11.3. The summed E-state index contributed by atoms with van der Waals surface area (Å²) < 4.78 is 0. The Morgan fingerprint density at radius 3 is 2.22 bits per heavy atom. The van der Waals surface area contributed by atoms with Gasteiger partial charge in [0.2, 0.25) is 0 Å². The lowest BCUT2D eigenvalue weighted by Gasteiger charge is -2.25. The molecule has 0 aliphatic carbocycles. The highest BCUT2D eigenvalue weighted by atomic mass is 35.5. The first-order chi connectivity index (χ1) is 8.34. The predicted molar refractivity (Wildman–Crippen MR) is 72.7 cm³/mol. The van der Waals surface area contributed by atoms with Crippen LogP contribution in [-0.2, 0) is 0 Å². The summed E-state index contributed by atoms with van der Waals surface area (Å²) in [6.07, 6.45) is -1.99. The summed E-state index contributed by atoms with van der Waals surface area (Å²) >= 11 is 11.9. The summed E-state index contributed by atoms with van der Waals surface area (Å²) in [6, 6.07) is 4.74. The second-order valence-electron chi connectivity index (χ2n) is 4.27. The Balaban J connectivity index is 3.09. The molecule has 0 bridgehead atoms. The van der Waals surface area contributed by atoms with Gasteiger partial charge in [-0.2, -0.15) is 0 Å². The van der Waals surface area contributed by atoms with Gasteiger partial charge in [-0.3, -0.25) is 4.90 Å². The monoisotopic (exact) mass is 291 g/mol. The van der Waals surface area contributed by atoms with Crippen LogP contribution in [0.4, 0.5) is 10.5 Å². The molecule has 1 unspecified atom stereocenters. The van der Waals surface area contributed by atoms with Crippen LogP contribution in [0.5, 0.6) is 0 Å². The number of para-hydroxylation sites is 1. The van der Waals surface area contributed by atoms with Crippen LogP contribution in [0.3, 0.4) is 0 Å². The van der Waals surface area contributed by atoms with Crippen molar-refractivity contribution in [2.24, 2.45) is 5.92 Å². The highest BCUT2D eigenvalue weighted by Gasteiger charge is 2.24. The fourth-order valence-electron chi connectivity index (χ4n) is 1.41. The lowest BCUT2D eigenvalue weighted by molar-refractivity contribution is 0.127. The average molecular weight is 292 g/mol. The molecule has 0 aromatic heterocycles. The van der Waals surface area contributed by atoms with Crippen LogP contribution >= 0.6 is 23.2 Å². The highest BCUT2D eigenvalue weighted by Crippen LogP contribution is 2.33. The van der Waals surface area contributed by atoms with Gasteiger partial charge in [-0.25, -0.2) is 4.79 Å². The number of benzene rings is 1. The third-order valence-electron chi connectivity index (χ3n) is 2.58. The van der Waals surface area contributed by atoms with Gasteiger partial charge in [-0.1, -0.05) is 43.1 Å². The second-order valence-corrected chi connectivity index (χ2v) is 5.09. The number of hydrogen-bond acceptors (Lipinski definition) is 2. The van der Waals surface area contributed by atoms with Crippen LogP contribution < -0.4 is 4.90 Å². The third kappa shape index (κ3) is 3.51. The Hall–Kier alpha value is -0.970. The Kier molecular flexibility index (Phi) is 5.26. The van der Waals surface area contributed by atoms with E-state index in [4.69, 9.17) is 23.2 Å². The Morgan fingerprint density at radius 2 is 1.83 bits per heavy atom. The minimum absolute atomic E-state index is 0.0619. The molecule has 4 nitrogen and oxygen atoms in total. The van der Waals surface area contributed by atoms with E-state index in [0.29, 0.717) is 0 Å². The average Bonchev–Trinajstić information content (AvgIpc) is 2.26. The van der Waals surface area contributed by atoms with Crippen molar-refractivity contribution in [2.45, 2.75) is 20.0 Å². The summed E-state index contributed by atoms with van der Waals surface area (Å²) in [6.45, 7) is 3.54. The van der Waals surface area contributed by atoms with Crippen LogP contribution in [-0.4, -0.2) is 29.0 Å². The van der Waals surface area contributed by atoms with Crippen molar-refractivity contribution in [3.63, 3.8) is 0 Å². The number of carbonyl (C=O) groups is 1. The highest BCUT2D eigenvalue weighted by molar-refractivity contribution is 6.39. The molecule has 1 amide bonds. The molecule has 100 valence electrons. The molecular weight excluding hydrogens is 277 g/mol. The maximum Gasteiger partial charge on any atom is 0.411 e. The van der Waals surface area contributed by atoms with Gasteiger partial charge in [0.15, 0.2) is 0 Å². The molecule has 1 aromatic carbocycles. The molecule has 18 heavy (non-hydrogen) atoms. The SMILES string of the molecule is CC(C)C(O)CN(C(=O)O)c1c(Cl)cccc1Cl. The number of carboxylic acid groups (broad SMARTS) is 1. The van der Waals surface area contributed by atoms with E-state index in [9.17, 15) is 15.0 Å². The number of aliphatic hydroxyl groups is 1. The molecule has 0 aliphatic heterocycles. The molecule has 2 N–H and O–H groups in total. The number of halogens is 2. The minimum atomic E-state index is -1.20. The van der Waals surface area contributed by atoms with E-state index in [-0.39, 0.29) is 28.2 Å². The van der Waals surface area contributed by atoms with Crippen LogP contribution in [0.2, 0.25) is 10.0 Å². The van der Waals surface area contributed by atoms with Crippen LogP contribution in [0, 0.1) is 5.92 Å². The standard InChI is InChI=1S/C12H15Cl2NO3/c1-7(2)10(16)6-15(12(17)18)11-8(13)4-3-5-9(11)14/h3-5,7,10,16H,6H2,1-2H3,(H,17,18). The summed E-state index contributed by atoms with van der Waals surface area (Å²) in [7, 11) is 0. The second kappa shape index (κ2) is 6.27. The van der Waals surface area contributed by atoms with Gasteiger partial charge in [-0.05, 0) is 18.1 Å². The van der Waals surface area contributed by atoms with Gasteiger partial charge in [0, 0.05) is 0 Å². The Morgan fingerprint density at radius 1 is 1.33 bits per heavy atom. The van der Waals surface area contributed by atoms with E-state index in [1.54, 1.807) is 32.0 Å². The quantitative estimate of drug-likeness (QED) is 0.893. The zero-order valence-corrected chi connectivity index (χ0v) is 11.6. The Labute approximate surface area is 116 Å². The molecule has 0 aliphatic rings. The molecule has 0 radical (unpaired) electrons. The number of aliphatic hydroxyl groups excluding tert-OH is 1. The van der Waals surface area contributed by atoms with E-state index >= 15 is 0 Å². The third-order valence-corrected chi connectivity index (χ3v) is 3.19. The van der Waals surface area contributed by atoms with E-state index in [1.165, 1.54) is 0 Å². The summed E-state index contributed by atoms with van der Waals surface area (Å²) in [5.41, 5.74) is 0.202. The largest absolute Gasteiger partial charge is 0.465 e. The zero-order valence-electron chi connectivity index (χ0n) is 10.1. The van der Waals surface area contributed by atoms with Crippen LogP contribution in [0.15, 0.2) is 18.2 Å². The van der Waals surface area contributed by atoms with Crippen LogP contribution in [0.25, 0.3) is 0 Å². The summed E-state index contributed by atoms with van der Waals surface area (Å²) in [4.78, 5) is 12.2. The molecule has 6 heteroatoms. The molecule has 0 heterocycles. The maximum absolute atomic E-state index is 11.3. The number of anilines is 1. The van der Waals surface area contributed by atoms with Crippen LogP contribution in [0.1, 0.15) is 13.8 Å². The molecule has 0 spiro atoms. The predicted octanol–water partition coefficient (Wildman–Crippen LogP) is 3.49. The van der Waals surface area contributed by atoms with Crippen molar-refractivity contribution in [3.05, 3.63) is 28.2 Å². The van der Waals surface area contributed by atoms with Gasteiger partial charge >= 0.3 is 6.09 Å². The number of rotatable bonds is 4. The topological polar surface area (TPSA) is 60.8 Å². The van der Waals surface area contributed by atoms with Gasteiger partial charge in [0.25, 0.3) is 0 Å². The Bertz CT molecular complexity index is 417. The summed E-state index contributed by atoms with van der Waals surface area (Å²) in [5, 5.41) is 19.5. The molecule has 0 fully saturated rings. The normalized spacial score (nSPS) is 12.6. The first kappa shape index (κ1) is 15.1. The number of hydrogen-bond donors (Lipinski definition) is 2. The molecular formula is C12H15Cl2NO3. The molecule has 0 saturated heterocycles. The van der Waals surface area contributed by atoms with Gasteiger partial charge in [-0.15, -0.1) is 0 Å².